The van der Waals surface area contributed by atoms with Crippen LogP contribution < -0.4 is 17.2 Å². The fourth-order valence-corrected chi connectivity index (χ4v) is 1.79. The molecule has 0 aromatic carbocycles. The standard InChI is InChI=1S/3C6H6N2O2.Er/c3*7-4-2-1-3-8-5(4)6(9)10;/h3*1-3H,7H2,(H,9,10);. The van der Waals surface area contributed by atoms with Crippen LogP contribution in [-0.2, 0) is 0 Å². The third-order valence-corrected chi connectivity index (χ3v) is 3.12. The number of hydrogen-bond donors (Lipinski definition) is 6. The first-order valence-corrected chi connectivity index (χ1v) is 7.96. The Kier molecular flexibility index (Phi) is 12.1. The molecule has 0 spiro atoms. The predicted molar refractivity (Wildman–Crippen MR) is 107 cm³/mol. The fourth-order valence-electron chi connectivity index (χ4n) is 1.79. The summed E-state index contributed by atoms with van der Waals surface area (Å²) in [5.74, 6) is -3.30. The van der Waals surface area contributed by atoms with Gasteiger partial charge in [0.2, 0.25) is 0 Å². The van der Waals surface area contributed by atoms with Crippen molar-refractivity contribution in [1.82, 2.24) is 15.0 Å². The fraction of sp³-hybridized carbons (Fsp3) is 0. The molecule has 0 bridgehead atoms. The first-order valence-electron chi connectivity index (χ1n) is 7.96. The van der Waals surface area contributed by atoms with E-state index < -0.39 is 17.9 Å². The Hall–Kier alpha value is -3.49. The van der Waals surface area contributed by atoms with E-state index in [-0.39, 0.29) is 71.4 Å². The van der Waals surface area contributed by atoms with Gasteiger partial charge in [0.15, 0.2) is 17.1 Å². The molecule has 0 aliphatic carbocycles. The second kappa shape index (κ2) is 13.7. The van der Waals surface area contributed by atoms with Gasteiger partial charge in [-0.25, -0.2) is 29.3 Å². The van der Waals surface area contributed by atoms with Crippen molar-refractivity contribution >= 4 is 35.0 Å². The number of pyridine rings is 3. The third-order valence-electron chi connectivity index (χ3n) is 3.12. The van der Waals surface area contributed by atoms with Crippen molar-refractivity contribution in [2.75, 3.05) is 17.2 Å². The number of carboxylic acid groups (broad SMARTS) is 3. The molecule has 3 aromatic rings. The van der Waals surface area contributed by atoms with Crippen LogP contribution in [0.5, 0.6) is 0 Å². The SMILES string of the molecule is Nc1cccnc1C(=O)O.Nc1cccnc1C(=O)O.Nc1cccnc1C(=O)O.[Er]. The van der Waals surface area contributed by atoms with Crippen LogP contribution in [0.3, 0.4) is 0 Å². The summed E-state index contributed by atoms with van der Waals surface area (Å²) in [5.41, 5.74) is 16.1. The summed E-state index contributed by atoms with van der Waals surface area (Å²) in [6.45, 7) is 0. The summed E-state index contributed by atoms with van der Waals surface area (Å²) in [7, 11) is 0. The number of nitrogen functional groups attached to an aromatic ring is 3. The van der Waals surface area contributed by atoms with E-state index in [1.54, 1.807) is 18.2 Å². The smallest absolute Gasteiger partial charge is 0.356 e. The van der Waals surface area contributed by atoms with Gasteiger partial charge in [0.25, 0.3) is 0 Å². The van der Waals surface area contributed by atoms with Crippen LogP contribution in [0, 0.1) is 37.3 Å². The Labute approximate surface area is 205 Å². The average molecular weight is 582 g/mol. The minimum absolute atomic E-state index is 0. The molecular formula is C18H18ErN6O6. The van der Waals surface area contributed by atoms with Gasteiger partial charge in [-0.2, -0.15) is 0 Å². The monoisotopic (exact) mass is 580 g/mol. The molecule has 3 aromatic heterocycles. The van der Waals surface area contributed by atoms with Crippen LogP contribution in [0.4, 0.5) is 17.1 Å². The average Bonchev–Trinajstić information content (AvgIpc) is 2.69. The van der Waals surface area contributed by atoms with Crippen molar-refractivity contribution in [3.05, 3.63) is 72.1 Å². The molecule has 0 radical (unpaired) electrons. The second-order valence-electron chi connectivity index (χ2n) is 5.24. The summed E-state index contributed by atoms with van der Waals surface area (Å²) < 4.78 is 0. The minimum atomic E-state index is -1.10. The summed E-state index contributed by atoms with van der Waals surface area (Å²) in [6, 6.07) is 9.24. The number of carboxylic acids is 3. The van der Waals surface area contributed by atoms with E-state index in [9.17, 15) is 14.4 Å². The first-order chi connectivity index (χ1) is 14.1. The summed E-state index contributed by atoms with van der Waals surface area (Å²) in [4.78, 5) is 41.5. The van der Waals surface area contributed by atoms with Gasteiger partial charge in [0, 0.05) is 55.9 Å². The van der Waals surface area contributed by atoms with Crippen molar-refractivity contribution in [3.8, 4) is 0 Å². The van der Waals surface area contributed by atoms with Crippen LogP contribution in [0.25, 0.3) is 0 Å². The summed E-state index contributed by atoms with van der Waals surface area (Å²) >= 11 is 0. The number of carbonyl (C=O) groups is 3. The van der Waals surface area contributed by atoms with Gasteiger partial charge in [-0.1, -0.05) is 0 Å². The molecule has 3 heterocycles. The van der Waals surface area contributed by atoms with E-state index in [1.807, 2.05) is 0 Å². The van der Waals surface area contributed by atoms with Crippen LogP contribution in [0.15, 0.2) is 55.0 Å². The maximum absolute atomic E-state index is 10.3. The zero-order valence-corrected chi connectivity index (χ0v) is 17.5. The summed E-state index contributed by atoms with van der Waals surface area (Å²) in [5, 5.41) is 25.3. The molecule has 31 heavy (non-hydrogen) atoms. The van der Waals surface area contributed by atoms with Gasteiger partial charge >= 0.3 is 17.9 Å². The number of rotatable bonds is 3. The quantitative estimate of drug-likeness (QED) is 0.255. The maximum Gasteiger partial charge on any atom is 0.356 e. The number of aromatic carboxylic acids is 3. The maximum atomic E-state index is 10.3. The van der Waals surface area contributed by atoms with Crippen molar-refractivity contribution in [3.63, 3.8) is 0 Å². The van der Waals surface area contributed by atoms with Gasteiger partial charge < -0.3 is 32.5 Å². The molecule has 0 aliphatic rings. The number of nitrogens with zero attached hydrogens (tertiary/aromatic N) is 3. The van der Waals surface area contributed by atoms with Gasteiger partial charge in [-0.05, 0) is 36.4 Å². The van der Waals surface area contributed by atoms with Crippen LogP contribution >= 0.6 is 0 Å². The molecule has 0 unspecified atom stereocenters. The van der Waals surface area contributed by atoms with Gasteiger partial charge in [-0.15, -0.1) is 0 Å². The minimum Gasteiger partial charge on any atom is -0.476 e. The van der Waals surface area contributed by atoms with E-state index in [2.05, 4.69) is 15.0 Å². The number of nitrogens with two attached hydrogens (primary N) is 3. The molecule has 13 heteroatoms. The molecule has 168 valence electrons. The van der Waals surface area contributed by atoms with Crippen molar-refractivity contribution < 1.29 is 67.0 Å². The normalized spacial score (nSPS) is 8.90. The molecule has 0 fully saturated rings. The van der Waals surface area contributed by atoms with Crippen LogP contribution in [0.2, 0.25) is 0 Å². The van der Waals surface area contributed by atoms with E-state index in [1.165, 1.54) is 36.8 Å². The van der Waals surface area contributed by atoms with Gasteiger partial charge in [0.1, 0.15) is 0 Å². The van der Waals surface area contributed by atoms with E-state index in [4.69, 9.17) is 32.5 Å². The molecule has 0 saturated carbocycles. The second-order valence-corrected chi connectivity index (χ2v) is 5.24. The molecule has 9 N–H and O–H groups in total. The largest absolute Gasteiger partial charge is 0.476 e. The molecule has 0 aliphatic heterocycles. The van der Waals surface area contributed by atoms with Crippen LogP contribution in [0.1, 0.15) is 31.5 Å². The van der Waals surface area contributed by atoms with E-state index in [0.29, 0.717) is 0 Å². The predicted octanol–water partition coefficient (Wildman–Crippen LogP) is 1.09. The number of hydrogen-bond acceptors (Lipinski definition) is 9. The number of anilines is 3. The van der Waals surface area contributed by atoms with Crippen LogP contribution in [-0.4, -0.2) is 48.2 Å². The summed E-state index contributed by atoms with van der Waals surface area (Å²) in [6.07, 6.45) is 4.17. The Balaban J connectivity index is 0.000000429. The zero-order valence-electron chi connectivity index (χ0n) is 15.6. The molecule has 0 saturated heterocycles. The molecular weight excluding hydrogens is 563 g/mol. The van der Waals surface area contributed by atoms with E-state index in [0.717, 1.165) is 0 Å². The number of aromatic nitrogens is 3. The Bertz CT molecular complexity index is 917. The van der Waals surface area contributed by atoms with Gasteiger partial charge in [0.05, 0.1) is 17.1 Å². The Morgan fingerprint density at radius 3 is 0.935 bits per heavy atom. The van der Waals surface area contributed by atoms with Crippen molar-refractivity contribution in [2.24, 2.45) is 0 Å². The molecule has 3 rings (SSSR count). The molecule has 0 amide bonds. The third kappa shape index (κ3) is 9.24. The van der Waals surface area contributed by atoms with Crippen molar-refractivity contribution in [2.45, 2.75) is 0 Å². The molecule has 0 atom stereocenters. The first kappa shape index (κ1) is 27.5. The topological polar surface area (TPSA) is 229 Å². The van der Waals surface area contributed by atoms with Crippen molar-refractivity contribution in [1.29, 1.82) is 0 Å². The zero-order chi connectivity index (χ0) is 22.7. The molecule has 12 nitrogen and oxygen atoms in total. The van der Waals surface area contributed by atoms with E-state index >= 15 is 0 Å². The Morgan fingerprint density at radius 2 is 0.806 bits per heavy atom. The van der Waals surface area contributed by atoms with Gasteiger partial charge in [-0.3, -0.25) is 0 Å². The Morgan fingerprint density at radius 1 is 0.581 bits per heavy atom.